The van der Waals surface area contributed by atoms with Crippen LogP contribution in [-0.2, 0) is 0 Å². The van der Waals surface area contributed by atoms with Gasteiger partial charge in [-0.2, -0.15) is 0 Å². The number of carbonyl (C=O) groups excluding carboxylic acids is 1. The Morgan fingerprint density at radius 2 is 1.79 bits per heavy atom. The zero-order valence-electron chi connectivity index (χ0n) is 16.6. The molecule has 5 nitrogen and oxygen atoms in total. The van der Waals surface area contributed by atoms with Gasteiger partial charge in [0.2, 0.25) is 0 Å². The number of amides is 1. The van der Waals surface area contributed by atoms with Gasteiger partial charge in [0.05, 0.1) is 17.1 Å². The number of piperidine rings is 1. The fourth-order valence-corrected chi connectivity index (χ4v) is 4.61. The maximum Gasteiger partial charge on any atom is 0.253 e. The summed E-state index contributed by atoms with van der Waals surface area (Å²) >= 11 is 0. The zero-order chi connectivity index (χ0) is 19.6. The Morgan fingerprint density at radius 3 is 2.59 bits per heavy atom. The number of hydrogen-bond acceptors (Lipinski definition) is 3. The smallest absolute Gasteiger partial charge is 0.253 e. The van der Waals surface area contributed by atoms with Gasteiger partial charge in [-0.25, -0.2) is 4.98 Å². The largest absolute Gasteiger partial charge is 0.490 e. The second kappa shape index (κ2) is 7.90. The van der Waals surface area contributed by atoms with Crippen LogP contribution < -0.4 is 4.74 Å². The molecule has 29 heavy (non-hydrogen) atoms. The van der Waals surface area contributed by atoms with Gasteiger partial charge in [0.15, 0.2) is 0 Å². The van der Waals surface area contributed by atoms with Gasteiger partial charge in [-0.05, 0) is 74.9 Å². The van der Waals surface area contributed by atoms with E-state index < -0.39 is 0 Å². The van der Waals surface area contributed by atoms with Gasteiger partial charge in [0.25, 0.3) is 5.91 Å². The number of likely N-dealkylation sites (tertiary alicyclic amines) is 1. The van der Waals surface area contributed by atoms with Crippen LogP contribution in [0, 0.1) is 0 Å². The van der Waals surface area contributed by atoms with Gasteiger partial charge >= 0.3 is 0 Å². The number of imidazole rings is 1. The summed E-state index contributed by atoms with van der Waals surface area (Å²) in [6.45, 7) is 1.51. The highest BCUT2D eigenvalue weighted by molar-refractivity contribution is 5.94. The minimum atomic E-state index is 0.0956. The van der Waals surface area contributed by atoms with E-state index in [-0.39, 0.29) is 11.8 Å². The number of rotatable bonds is 4. The molecule has 0 radical (unpaired) electrons. The van der Waals surface area contributed by atoms with E-state index in [2.05, 4.69) is 4.98 Å². The molecule has 0 spiro atoms. The first-order valence-electron chi connectivity index (χ1n) is 10.8. The monoisotopic (exact) mass is 389 g/mol. The predicted molar refractivity (Wildman–Crippen MR) is 113 cm³/mol. The summed E-state index contributed by atoms with van der Waals surface area (Å²) in [7, 11) is 0. The molecule has 1 aliphatic heterocycles. The summed E-state index contributed by atoms with van der Waals surface area (Å²) < 4.78 is 6.02. The predicted octanol–water partition coefficient (Wildman–Crippen LogP) is 4.90. The summed E-state index contributed by atoms with van der Waals surface area (Å²) in [4.78, 5) is 23.2. The third kappa shape index (κ3) is 3.86. The Hall–Kier alpha value is -2.82. The Morgan fingerprint density at radius 1 is 1.00 bits per heavy atom. The van der Waals surface area contributed by atoms with Crippen molar-refractivity contribution in [2.75, 3.05) is 13.1 Å². The zero-order valence-corrected chi connectivity index (χ0v) is 16.6. The molecule has 150 valence electrons. The van der Waals surface area contributed by atoms with Gasteiger partial charge in [0, 0.05) is 24.6 Å². The number of aromatic amines is 1. The first-order valence-corrected chi connectivity index (χ1v) is 10.8. The molecule has 2 aromatic carbocycles. The molecule has 1 aliphatic carbocycles. The van der Waals surface area contributed by atoms with E-state index in [1.165, 1.54) is 12.8 Å². The summed E-state index contributed by atoms with van der Waals surface area (Å²) in [5.74, 6) is 2.21. The van der Waals surface area contributed by atoms with Crippen LogP contribution >= 0.6 is 0 Å². The standard InChI is InChI=1S/C24H27N3O2/c28-24(17-11-13-20(14-12-17)29-19-7-1-2-8-19)27-15-5-6-18(16-27)23-25-21-9-3-4-10-22(21)26-23/h3-4,9-14,18-19H,1-2,5-8,15-16H2,(H,25,26). The maximum atomic E-state index is 13.1. The van der Waals surface area contributed by atoms with Crippen molar-refractivity contribution in [3.63, 3.8) is 0 Å². The van der Waals surface area contributed by atoms with Crippen molar-refractivity contribution < 1.29 is 9.53 Å². The van der Waals surface area contributed by atoms with Crippen LogP contribution in [0.1, 0.15) is 60.6 Å². The molecule has 2 heterocycles. The SMILES string of the molecule is O=C(c1ccc(OC2CCCC2)cc1)N1CCCC(c2nc3ccccc3[nH]2)C1. The molecule has 1 unspecified atom stereocenters. The molecule has 1 atom stereocenters. The summed E-state index contributed by atoms with van der Waals surface area (Å²) in [6.07, 6.45) is 7.16. The van der Waals surface area contributed by atoms with Crippen LogP contribution in [0.3, 0.4) is 0 Å². The lowest BCUT2D eigenvalue weighted by molar-refractivity contribution is 0.0705. The Labute approximate surface area is 171 Å². The molecule has 1 N–H and O–H groups in total. The number of para-hydroxylation sites is 2. The number of carbonyl (C=O) groups is 1. The number of hydrogen-bond donors (Lipinski definition) is 1. The fourth-order valence-electron chi connectivity index (χ4n) is 4.61. The van der Waals surface area contributed by atoms with E-state index in [1.54, 1.807) is 0 Å². The van der Waals surface area contributed by atoms with E-state index in [0.717, 1.165) is 60.4 Å². The van der Waals surface area contributed by atoms with Gasteiger partial charge in [-0.3, -0.25) is 4.79 Å². The molecular weight excluding hydrogens is 362 g/mol. The minimum absolute atomic E-state index is 0.0956. The molecule has 5 heteroatoms. The quantitative estimate of drug-likeness (QED) is 0.690. The summed E-state index contributed by atoms with van der Waals surface area (Å²) in [5.41, 5.74) is 2.78. The van der Waals surface area contributed by atoms with E-state index in [4.69, 9.17) is 9.72 Å². The van der Waals surface area contributed by atoms with Crippen LogP contribution in [0.15, 0.2) is 48.5 Å². The van der Waals surface area contributed by atoms with Gasteiger partial charge in [-0.15, -0.1) is 0 Å². The average Bonchev–Trinajstić information content (AvgIpc) is 3.43. The van der Waals surface area contributed by atoms with Crippen molar-refractivity contribution in [2.45, 2.75) is 50.5 Å². The molecule has 2 aliphatic rings. The molecular formula is C24H27N3O2. The molecule has 3 aromatic rings. The van der Waals surface area contributed by atoms with Crippen LogP contribution in [0.25, 0.3) is 11.0 Å². The molecule has 1 saturated carbocycles. The third-order valence-electron chi connectivity index (χ3n) is 6.21. The first kappa shape index (κ1) is 18.2. The highest BCUT2D eigenvalue weighted by atomic mass is 16.5. The first-order chi connectivity index (χ1) is 14.3. The Bertz CT molecular complexity index is 956. The van der Waals surface area contributed by atoms with Gasteiger partial charge in [-0.1, -0.05) is 12.1 Å². The molecule has 1 aromatic heterocycles. The Kier molecular flexibility index (Phi) is 4.96. The lowest BCUT2D eigenvalue weighted by Gasteiger charge is -2.32. The highest BCUT2D eigenvalue weighted by Gasteiger charge is 2.27. The van der Waals surface area contributed by atoms with Crippen molar-refractivity contribution in [1.82, 2.24) is 14.9 Å². The number of aromatic nitrogens is 2. The van der Waals surface area contributed by atoms with Crippen molar-refractivity contribution in [1.29, 1.82) is 0 Å². The minimum Gasteiger partial charge on any atom is -0.490 e. The van der Waals surface area contributed by atoms with E-state index in [0.29, 0.717) is 12.6 Å². The van der Waals surface area contributed by atoms with Crippen molar-refractivity contribution in [3.05, 3.63) is 59.9 Å². The van der Waals surface area contributed by atoms with Crippen LogP contribution in [0.4, 0.5) is 0 Å². The van der Waals surface area contributed by atoms with E-state index in [9.17, 15) is 4.79 Å². The van der Waals surface area contributed by atoms with Crippen molar-refractivity contribution in [2.24, 2.45) is 0 Å². The normalized spacial score (nSPS) is 20.3. The second-order valence-electron chi connectivity index (χ2n) is 8.28. The molecule has 0 bridgehead atoms. The highest BCUT2D eigenvalue weighted by Crippen LogP contribution is 2.28. The molecule has 2 fully saturated rings. The average molecular weight is 389 g/mol. The van der Waals surface area contributed by atoms with Crippen LogP contribution in [0.5, 0.6) is 5.75 Å². The summed E-state index contributed by atoms with van der Waals surface area (Å²) in [5, 5.41) is 0. The fraction of sp³-hybridized carbons (Fsp3) is 0.417. The summed E-state index contributed by atoms with van der Waals surface area (Å²) in [6, 6.07) is 15.8. The van der Waals surface area contributed by atoms with E-state index >= 15 is 0 Å². The van der Waals surface area contributed by atoms with E-state index in [1.807, 2.05) is 53.4 Å². The van der Waals surface area contributed by atoms with Crippen molar-refractivity contribution in [3.8, 4) is 5.75 Å². The van der Waals surface area contributed by atoms with Crippen LogP contribution in [0.2, 0.25) is 0 Å². The number of H-pyrrole nitrogens is 1. The van der Waals surface area contributed by atoms with Crippen LogP contribution in [-0.4, -0.2) is 40.0 Å². The number of benzene rings is 2. The molecule has 5 rings (SSSR count). The van der Waals surface area contributed by atoms with Gasteiger partial charge < -0.3 is 14.6 Å². The second-order valence-corrected chi connectivity index (χ2v) is 8.28. The third-order valence-corrected chi connectivity index (χ3v) is 6.21. The lowest BCUT2D eigenvalue weighted by atomic mass is 9.96. The van der Waals surface area contributed by atoms with Crippen molar-refractivity contribution >= 4 is 16.9 Å². The number of ether oxygens (including phenoxy) is 1. The number of nitrogens with zero attached hydrogens (tertiary/aromatic N) is 2. The number of fused-ring (bicyclic) bond motifs is 1. The molecule has 1 saturated heterocycles. The topological polar surface area (TPSA) is 58.2 Å². The maximum absolute atomic E-state index is 13.1. The molecule has 1 amide bonds. The van der Waals surface area contributed by atoms with Gasteiger partial charge in [0.1, 0.15) is 11.6 Å². The lowest BCUT2D eigenvalue weighted by Crippen LogP contribution is -2.39. The Balaban J connectivity index is 1.26. The number of nitrogens with one attached hydrogen (secondary N) is 1.